The SMILES string of the molecule is CC(C)(C)N1C[C@@H](C#N)[C@H](c2cccc(Cl)c2)C1. The van der Waals surface area contributed by atoms with E-state index in [0.29, 0.717) is 0 Å². The van der Waals surface area contributed by atoms with E-state index in [2.05, 4.69) is 37.8 Å². The van der Waals surface area contributed by atoms with Crippen LogP contribution in [0.1, 0.15) is 32.3 Å². The number of likely N-dealkylation sites (tertiary alicyclic amines) is 1. The number of hydrogen-bond acceptors (Lipinski definition) is 2. The van der Waals surface area contributed by atoms with Gasteiger partial charge in [-0.1, -0.05) is 23.7 Å². The molecule has 1 saturated heterocycles. The summed E-state index contributed by atoms with van der Waals surface area (Å²) in [6, 6.07) is 10.4. The maximum Gasteiger partial charge on any atom is 0.0676 e. The molecule has 0 amide bonds. The Bertz CT molecular complexity index is 470. The minimum Gasteiger partial charge on any atom is -0.297 e. The van der Waals surface area contributed by atoms with Crippen LogP contribution in [0.3, 0.4) is 0 Å². The number of hydrogen-bond donors (Lipinski definition) is 0. The maximum absolute atomic E-state index is 9.34. The zero-order valence-corrected chi connectivity index (χ0v) is 11.9. The van der Waals surface area contributed by atoms with Crippen LogP contribution in [0.4, 0.5) is 0 Å². The van der Waals surface area contributed by atoms with Crippen molar-refractivity contribution >= 4 is 11.6 Å². The largest absolute Gasteiger partial charge is 0.297 e. The highest BCUT2D eigenvalue weighted by Gasteiger charge is 2.38. The molecule has 3 heteroatoms. The summed E-state index contributed by atoms with van der Waals surface area (Å²) < 4.78 is 0. The fourth-order valence-corrected chi connectivity index (χ4v) is 2.76. The van der Waals surface area contributed by atoms with Gasteiger partial charge in [-0.2, -0.15) is 5.26 Å². The van der Waals surface area contributed by atoms with Crippen LogP contribution in [-0.2, 0) is 0 Å². The summed E-state index contributed by atoms with van der Waals surface area (Å²) in [7, 11) is 0. The highest BCUT2D eigenvalue weighted by molar-refractivity contribution is 6.30. The summed E-state index contributed by atoms with van der Waals surface area (Å²) in [5, 5.41) is 10.1. The van der Waals surface area contributed by atoms with Gasteiger partial charge in [0.1, 0.15) is 0 Å². The molecule has 0 saturated carbocycles. The molecule has 18 heavy (non-hydrogen) atoms. The van der Waals surface area contributed by atoms with Gasteiger partial charge in [-0.15, -0.1) is 0 Å². The summed E-state index contributed by atoms with van der Waals surface area (Å²) in [6.07, 6.45) is 0. The smallest absolute Gasteiger partial charge is 0.0676 e. The molecule has 1 fully saturated rings. The van der Waals surface area contributed by atoms with Gasteiger partial charge in [-0.25, -0.2) is 0 Å². The third kappa shape index (κ3) is 2.68. The Morgan fingerprint density at radius 3 is 2.61 bits per heavy atom. The Labute approximate surface area is 114 Å². The molecule has 1 aliphatic rings. The highest BCUT2D eigenvalue weighted by atomic mass is 35.5. The standard InChI is InChI=1S/C15H19ClN2/c1-15(2,3)18-9-12(8-17)14(10-18)11-5-4-6-13(16)7-11/h4-7,12,14H,9-10H2,1-3H3/t12-,14+/m1/s1. The molecule has 96 valence electrons. The number of benzene rings is 1. The lowest BCUT2D eigenvalue weighted by Gasteiger charge is -2.31. The van der Waals surface area contributed by atoms with Crippen molar-refractivity contribution in [1.29, 1.82) is 5.26 Å². The monoisotopic (exact) mass is 262 g/mol. The molecular weight excluding hydrogens is 244 g/mol. The van der Waals surface area contributed by atoms with E-state index in [1.807, 2.05) is 18.2 Å². The second-order valence-corrected chi connectivity index (χ2v) is 6.41. The van der Waals surface area contributed by atoms with Crippen LogP contribution in [0.2, 0.25) is 5.02 Å². The Balaban J connectivity index is 2.26. The highest BCUT2D eigenvalue weighted by Crippen LogP contribution is 2.36. The topological polar surface area (TPSA) is 27.0 Å². The minimum atomic E-state index is 0.0580. The first kappa shape index (κ1) is 13.4. The molecule has 2 rings (SSSR count). The van der Waals surface area contributed by atoms with Gasteiger partial charge in [-0.3, -0.25) is 4.90 Å². The predicted molar refractivity (Wildman–Crippen MR) is 74.6 cm³/mol. The average Bonchev–Trinajstić information content (AvgIpc) is 2.72. The van der Waals surface area contributed by atoms with Crippen molar-refractivity contribution in [2.75, 3.05) is 13.1 Å². The van der Waals surface area contributed by atoms with Crippen LogP contribution < -0.4 is 0 Å². The van der Waals surface area contributed by atoms with Crippen molar-refractivity contribution in [3.63, 3.8) is 0 Å². The summed E-state index contributed by atoms with van der Waals surface area (Å²) in [4.78, 5) is 2.38. The van der Waals surface area contributed by atoms with E-state index in [9.17, 15) is 5.26 Å². The zero-order valence-electron chi connectivity index (χ0n) is 11.2. The van der Waals surface area contributed by atoms with Gasteiger partial charge in [0.2, 0.25) is 0 Å². The van der Waals surface area contributed by atoms with Crippen LogP contribution in [0.5, 0.6) is 0 Å². The number of nitriles is 1. The quantitative estimate of drug-likeness (QED) is 0.772. The maximum atomic E-state index is 9.34. The zero-order chi connectivity index (χ0) is 13.3. The van der Waals surface area contributed by atoms with Gasteiger partial charge in [-0.05, 0) is 38.5 Å². The molecule has 0 bridgehead atoms. The Hall–Kier alpha value is -1.04. The van der Waals surface area contributed by atoms with E-state index in [-0.39, 0.29) is 17.4 Å². The summed E-state index contributed by atoms with van der Waals surface area (Å²) in [5.74, 6) is 0.329. The van der Waals surface area contributed by atoms with Gasteiger partial charge < -0.3 is 0 Å². The summed E-state index contributed by atoms with van der Waals surface area (Å²) in [6.45, 7) is 8.37. The van der Waals surface area contributed by atoms with Crippen molar-refractivity contribution in [3.8, 4) is 6.07 Å². The van der Waals surface area contributed by atoms with Gasteiger partial charge >= 0.3 is 0 Å². The van der Waals surface area contributed by atoms with Crippen molar-refractivity contribution < 1.29 is 0 Å². The first-order valence-electron chi connectivity index (χ1n) is 6.32. The number of rotatable bonds is 1. The molecule has 1 aromatic carbocycles. The average molecular weight is 263 g/mol. The molecule has 0 spiro atoms. The third-order valence-electron chi connectivity index (χ3n) is 3.71. The second-order valence-electron chi connectivity index (χ2n) is 5.97. The molecule has 0 N–H and O–H groups in total. The third-order valence-corrected chi connectivity index (χ3v) is 3.95. The first-order chi connectivity index (χ1) is 8.41. The van der Waals surface area contributed by atoms with E-state index in [1.54, 1.807) is 0 Å². The van der Waals surface area contributed by atoms with Gasteiger partial charge in [0, 0.05) is 29.6 Å². The second kappa shape index (κ2) is 4.91. The van der Waals surface area contributed by atoms with Crippen LogP contribution in [-0.4, -0.2) is 23.5 Å². The van der Waals surface area contributed by atoms with Gasteiger partial charge in [0.05, 0.1) is 12.0 Å². The van der Waals surface area contributed by atoms with Crippen LogP contribution in [0.15, 0.2) is 24.3 Å². The van der Waals surface area contributed by atoms with Gasteiger partial charge in [0.25, 0.3) is 0 Å². The van der Waals surface area contributed by atoms with E-state index in [4.69, 9.17) is 11.6 Å². The normalized spacial score (nSPS) is 25.1. The molecule has 0 radical (unpaired) electrons. The van der Waals surface area contributed by atoms with Crippen LogP contribution in [0.25, 0.3) is 0 Å². The first-order valence-corrected chi connectivity index (χ1v) is 6.70. The fourth-order valence-electron chi connectivity index (χ4n) is 2.56. The van der Waals surface area contributed by atoms with Gasteiger partial charge in [0.15, 0.2) is 0 Å². The molecule has 0 aliphatic carbocycles. The Morgan fingerprint density at radius 2 is 2.06 bits per heavy atom. The molecule has 2 nitrogen and oxygen atoms in total. The molecule has 1 aliphatic heterocycles. The fraction of sp³-hybridized carbons (Fsp3) is 0.533. The molecule has 2 atom stereocenters. The summed E-state index contributed by atoms with van der Waals surface area (Å²) >= 11 is 6.04. The molecular formula is C15H19ClN2. The van der Waals surface area contributed by atoms with Crippen molar-refractivity contribution in [2.24, 2.45) is 5.92 Å². The lowest BCUT2D eigenvalue weighted by molar-refractivity contribution is 0.170. The minimum absolute atomic E-state index is 0.0580. The Morgan fingerprint density at radius 1 is 1.33 bits per heavy atom. The number of halogens is 1. The molecule has 1 aromatic rings. The lowest BCUT2D eigenvalue weighted by atomic mass is 9.90. The molecule has 0 aromatic heterocycles. The van der Waals surface area contributed by atoms with Crippen molar-refractivity contribution in [2.45, 2.75) is 32.2 Å². The van der Waals surface area contributed by atoms with Crippen LogP contribution >= 0.6 is 11.6 Å². The lowest BCUT2D eigenvalue weighted by Crippen LogP contribution is -2.39. The number of nitrogens with zero attached hydrogens (tertiary/aromatic N) is 2. The van der Waals surface area contributed by atoms with Crippen molar-refractivity contribution in [3.05, 3.63) is 34.9 Å². The van der Waals surface area contributed by atoms with E-state index in [1.165, 1.54) is 5.56 Å². The van der Waals surface area contributed by atoms with E-state index in [0.717, 1.165) is 18.1 Å². The van der Waals surface area contributed by atoms with E-state index >= 15 is 0 Å². The summed E-state index contributed by atoms with van der Waals surface area (Å²) in [5.41, 5.74) is 1.29. The van der Waals surface area contributed by atoms with E-state index < -0.39 is 0 Å². The molecule has 1 heterocycles. The predicted octanol–water partition coefficient (Wildman–Crippen LogP) is 3.68. The van der Waals surface area contributed by atoms with Crippen LogP contribution in [0, 0.1) is 17.2 Å². The van der Waals surface area contributed by atoms with Crippen molar-refractivity contribution in [1.82, 2.24) is 4.90 Å². The Kier molecular flexibility index (Phi) is 3.66. The molecule has 0 unspecified atom stereocenters.